The van der Waals surface area contributed by atoms with Crippen molar-refractivity contribution >= 4 is 12.6 Å². The van der Waals surface area contributed by atoms with E-state index in [0.717, 1.165) is 38.3 Å². The predicted molar refractivity (Wildman–Crippen MR) is 87.6 cm³/mol. The molecule has 0 saturated carbocycles. The Hall–Kier alpha value is -1.30. The summed E-state index contributed by atoms with van der Waals surface area (Å²) in [4.78, 5) is 28.5. The second kappa shape index (κ2) is 8.52. The molecule has 3 atom stereocenters. The van der Waals surface area contributed by atoms with Crippen LogP contribution in [0.3, 0.4) is 0 Å². The topological polar surface area (TPSA) is 66.8 Å². The summed E-state index contributed by atoms with van der Waals surface area (Å²) in [6.07, 6.45) is 12.3. The Labute approximate surface area is 137 Å². The molecule has 0 spiro atoms. The summed E-state index contributed by atoms with van der Waals surface area (Å²) in [7, 11) is 0. The second-order valence-corrected chi connectivity index (χ2v) is 6.73. The Bertz CT molecular complexity index is 474. The molecule has 1 N–H and O–H groups in total. The van der Waals surface area contributed by atoms with E-state index in [2.05, 4.69) is 18.2 Å². The molecule has 0 bridgehead atoms. The lowest BCUT2D eigenvalue weighted by molar-refractivity contribution is -0.224. The number of allylic oxidation sites excluding steroid dienone is 4. The van der Waals surface area contributed by atoms with Crippen LogP contribution in [0.1, 0.15) is 45.4 Å². The first-order valence-electron chi connectivity index (χ1n) is 8.43. The van der Waals surface area contributed by atoms with Gasteiger partial charge >= 0.3 is 0 Å². The number of hydrogen-bond donors (Lipinski definition) is 1. The molecule has 1 fully saturated rings. The third-order valence-corrected chi connectivity index (χ3v) is 4.71. The quantitative estimate of drug-likeness (QED) is 0.694. The van der Waals surface area contributed by atoms with Crippen LogP contribution >= 0.6 is 0 Å². The van der Waals surface area contributed by atoms with E-state index in [4.69, 9.17) is 4.84 Å². The molecule has 5 heteroatoms. The van der Waals surface area contributed by atoms with Crippen molar-refractivity contribution in [3.8, 4) is 0 Å². The summed E-state index contributed by atoms with van der Waals surface area (Å²) in [5, 5.41) is 11.5. The van der Waals surface area contributed by atoms with Gasteiger partial charge in [-0.2, -0.15) is 5.06 Å². The van der Waals surface area contributed by atoms with E-state index < -0.39 is 11.6 Å². The molecule has 0 aromatic carbocycles. The zero-order chi connectivity index (χ0) is 16.7. The second-order valence-electron chi connectivity index (χ2n) is 6.73. The summed E-state index contributed by atoms with van der Waals surface area (Å²) < 4.78 is 0. The van der Waals surface area contributed by atoms with Crippen molar-refractivity contribution in [1.82, 2.24) is 5.06 Å². The molecule has 0 aromatic heterocycles. The fourth-order valence-electron chi connectivity index (χ4n) is 3.05. The van der Waals surface area contributed by atoms with E-state index >= 15 is 0 Å². The maximum Gasteiger partial charge on any atom is 0.142 e. The molecule has 5 nitrogen and oxygen atoms in total. The van der Waals surface area contributed by atoms with E-state index in [0.29, 0.717) is 19.4 Å². The highest BCUT2D eigenvalue weighted by Gasteiger charge is 2.36. The van der Waals surface area contributed by atoms with Crippen LogP contribution in [0, 0.1) is 5.92 Å². The smallest absolute Gasteiger partial charge is 0.142 e. The van der Waals surface area contributed by atoms with Crippen LogP contribution in [0.25, 0.3) is 0 Å². The van der Waals surface area contributed by atoms with Gasteiger partial charge in [0.05, 0.1) is 24.8 Å². The molecule has 1 aliphatic heterocycles. The zero-order valence-electron chi connectivity index (χ0n) is 13.8. The third kappa shape index (κ3) is 5.09. The van der Waals surface area contributed by atoms with Gasteiger partial charge in [-0.25, -0.2) is 0 Å². The molecular formula is C18H27NO4. The van der Waals surface area contributed by atoms with E-state index in [-0.39, 0.29) is 12.5 Å². The van der Waals surface area contributed by atoms with Crippen molar-refractivity contribution in [2.24, 2.45) is 5.92 Å². The number of β-amino-alcohol motifs (C(OH)–C–C–N with tert-alkyl or cyclic N) is 1. The van der Waals surface area contributed by atoms with Gasteiger partial charge in [0.15, 0.2) is 0 Å². The fourth-order valence-corrected chi connectivity index (χ4v) is 3.05. The van der Waals surface area contributed by atoms with Crippen LogP contribution in [0.2, 0.25) is 0 Å². The monoisotopic (exact) mass is 321 g/mol. The Morgan fingerprint density at radius 2 is 2.35 bits per heavy atom. The highest BCUT2D eigenvalue weighted by atomic mass is 16.7. The van der Waals surface area contributed by atoms with Gasteiger partial charge in [-0.15, -0.1) is 0 Å². The van der Waals surface area contributed by atoms with Crippen molar-refractivity contribution in [2.45, 2.75) is 57.1 Å². The van der Waals surface area contributed by atoms with E-state index in [1.54, 1.807) is 5.06 Å². The number of aldehydes is 2. The number of hydroxylamine groups is 2. The summed E-state index contributed by atoms with van der Waals surface area (Å²) in [5.41, 5.74) is 0.529. The van der Waals surface area contributed by atoms with Gasteiger partial charge < -0.3 is 14.7 Å². The van der Waals surface area contributed by atoms with Crippen LogP contribution in [0.4, 0.5) is 0 Å². The summed E-state index contributed by atoms with van der Waals surface area (Å²) in [6.45, 7) is 2.37. The SMILES string of the molecule is CC1(C=O)CCCC(O)CN1OCC(C=O)CCC1=CCC=C1. The molecule has 1 aliphatic carbocycles. The maximum absolute atomic E-state index is 11.5. The number of aliphatic hydroxyl groups excluding tert-OH is 1. The normalized spacial score (nSPS) is 29.8. The Morgan fingerprint density at radius 1 is 1.52 bits per heavy atom. The lowest BCUT2D eigenvalue weighted by atomic mass is 9.98. The average Bonchev–Trinajstić information content (AvgIpc) is 3.02. The Morgan fingerprint density at radius 3 is 3.00 bits per heavy atom. The Balaban J connectivity index is 1.88. The van der Waals surface area contributed by atoms with E-state index in [1.807, 2.05) is 6.92 Å². The number of nitrogens with zero attached hydrogens (tertiary/aromatic N) is 1. The van der Waals surface area contributed by atoms with Crippen molar-refractivity contribution < 1.29 is 19.5 Å². The van der Waals surface area contributed by atoms with Gasteiger partial charge in [-0.3, -0.25) is 4.84 Å². The first-order valence-corrected chi connectivity index (χ1v) is 8.43. The minimum absolute atomic E-state index is 0.207. The number of hydrogen-bond acceptors (Lipinski definition) is 5. The van der Waals surface area contributed by atoms with Crippen LogP contribution in [-0.2, 0) is 14.4 Å². The third-order valence-electron chi connectivity index (χ3n) is 4.71. The summed E-state index contributed by atoms with van der Waals surface area (Å²) in [5.74, 6) is -0.207. The van der Waals surface area contributed by atoms with Crippen LogP contribution in [-0.4, -0.2) is 47.5 Å². The number of rotatable bonds is 8. The highest BCUT2D eigenvalue weighted by molar-refractivity contribution is 5.63. The molecule has 2 aliphatic rings. The summed E-state index contributed by atoms with van der Waals surface area (Å²) in [6, 6.07) is 0. The van der Waals surface area contributed by atoms with Crippen molar-refractivity contribution in [1.29, 1.82) is 0 Å². The average molecular weight is 321 g/mol. The first kappa shape index (κ1) is 18.0. The number of carbonyl (C=O) groups excluding carboxylic acids is 2. The van der Waals surface area contributed by atoms with Crippen molar-refractivity contribution in [3.63, 3.8) is 0 Å². The lowest BCUT2D eigenvalue weighted by Gasteiger charge is -2.35. The molecule has 0 amide bonds. The van der Waals surface area contributed by atoms with Gasteiger partial charge in [-0.05, 0) is 45.4 Å². The van der Waals surface area contributed by atoms with Gasteiger partial charge in [0.25, 0.3) is 0 Å². The molecule has 1 saturated heterocycles. The first-order chi connectivity index (χ1) is 11.1. The molecular weight excluding hydrogens is 294 g/mol. The van der Waals surface area contributed by atoms with Gasteiger partial charge in [0.2, 0.25) is 0 Å². The van der Waals surface area contributed by atoms with Crippen molar-refractivity contribution in [2.75, 3.05) is 13.2 Å². The van der Waals surface area contributed by atoms with Gasteiger partial charge in [0, 0.05) is 5.92 Å². The predicted octanol–water partition coefficient (Wildman–Crippen LogP) is 2.20. The zero-order valence-corrected chi connectivity index (χ0v) is 13.8. The fraction of sp³-hybridized carbons (Fsp3) is 0.667. The van der Waals surface area contributed by atoms with Gasteiger partial charge in [-0.1, -0.05) is 23.8 Å². The molecule has 3 unspecified atom stereocenters. The molecule has 23 heavy (non-hydrogen) atoms. The van der Waals surface area contributed by atoms with Crippen molar-refractivity contribution in [3.05, 3.63) is 23.8 Å². The largest absolute Gasteiger partial charge is 0.392 e. The lowest BCUT2D eigenvalue weighted by Crippen LogP contribution is -2.49. The molecule has 2 rings (SSSR count). The van der Waals surface area contributed by atoms with Gasteiger partial charge in [0.1, 0.15) is 12.6 Å². The maximum atomic E-state index is 11.5. The van der Waals surface area contributed by atoms with E-state index in [9.17, 15) is 14.7 Å². The molecule has 128 valence electrons. The molecule has 0 radical (unpaired) electrons. The standard InChI is InChI=1S/C18H27NO4/c1-18(14-21)10-4-7-17(22)11-19(18)23-13-16(12-20)9-8-15-5-2-3-6-15/h2,5-6,12,14,16-17,22H,3-4,7-11,13H2,1H3. The molecule has 1 heterocycles. The summed E-state index contributed by atoms with van der Waals surface area (Å²) >= 11 is 0. The number of carbonyl (C=O) groups is 2. The van der Waals surface area contributed by atoms with Crippen LogP contribution < -0.4 is 0 Å². The minimum Gasteiger partial charge on any atom is -0.392 e. The Kier molecular flexibility index (Phi) is 6.69. The van der Waals surface area contributed by atoms with Crippen LogP contribution in [0.5, 0.6) is 0 Å². The highest BCUT2D eigenvalue weighted by Crippen LogP contribution is 2.26. The molecule has 0 aromatic rings. The van der Waals surface area contributed by atoms with Crippen LogP contribution in [0.15, 0.2) is 23.8 Å². The number of aliphatic hydroxyl groups is 1. The minimum atomic E-state index is -0.734. The van der Waals surface area contributed by atoms with E-state index in [1.165, 1.54) is 5.57 Å².